The van der Waals surface area contributed by atoms with Crippen molar-refractivity contribution in [2.45, 2.75) is 142 Å². The van der Waals surface area contributed by atoms with Gasteiger partial charge < -0.3 is 10.1 Å². The van der Waals surface area contributed by atoms with E-state index in [0.717, 1.165) is 32.4 Å². The van der Waals surface area contributed by atoms with Gasteiger partial charge >= 0.3 is 0 Å². The molecule has 0 atom stereocenters. The highest BCUT2D eigenvalue weighted by atomic mass is 16.5. The second-order valence-corrected chi connectivity index (χ2v) is 8.68. The molecule has 1 amide bonds. The number of nitrogens with one attached hydrogen (secondary N) is 1. The van der Waals surface area contributed by atoms with Crippen molar-refractivity contribution < 1.29 is 9.53 Å². The van der Waals surface area contributed by atoms with Gasteiger partial charge in [-0.3, -0.25) is 4.79 Å². The van der Waals surface area contributed by atoms with Crippen LogP contribution in [0.1, 0.15) is 136 Å². The maximum atomic E-state index is 11.8. The SMILES string of the molecule is CCCCCCCCCCCCCCCC(=O)NCCCCCCOC(C)C. The van der Waals surface area contributed by atoms with Gasteiger partial charge in [0, 0.05) is 19.6 Å². The monoisotopic (exact) mass is 397 g/mol. The minimum Gasteiger partial charge on any atom is -0.379 e. The molecule has 0 unspecified atom stereocenters. The van der Waals surface area contributed by atoms with Crippen molar-refractivity contribution in [3.05, 3.63) is 0 Å². The molecule has 0 aliphatic heterocycles. The fraction of sp³-hybridized carbons (Fsp3) is 0.960. The predicted molar refractivity (Wildman–Crippen MR) is 123 cm³/mol. The normalized spacial score (nSPS) is 11.3. The van der Waals surface area contributed by atoms with Crippen LogP contribution in [0.3, 0.4) is 0 Å². The number of amides is 1. The minimum absolute atomic E-state index is 0.242. The van der Waals surface area contributed by atoms with Crippen molar-refractivity contribution in [3.8, 4) is 0 Å². The molecular formula is C25H51NO2. The van der Waals surface area contributed by atoms with Crippen LogP contribution in [0, 0.1) is 0 Å². The standard InChI is InChI=1S/C25H51NO2/c1-4-5-6-7-8-9-10-11-12-13-14-15-18-21-25(27)26-22-19-16-17-20-23-28-24(2)3/h24H,4-23H2,1-3H3,(H,26,27). The van der Waals surface area contributed by atoms with Gasteiger partial charge in [-0.1, -0.05) is 96.8 Å². The van der Waals surface area contributed by atoms with E-state index in [0.29, 0.717) is 12.5 Å². The van der Waals surface area contributed by atoms with Crippen LogP contribution in [-0.2, 0) is 9.53 Å². The lowest BCUT2D eigenvalue weighted by Crippen LogP contribution is -2.23. The van der Waals surface area contributed by atoms with Crippen LogP contribution in [0.5, 0.6) is 0 Å². The molecule has 0 heterocycles. The first-order chi connectivity index (χ1) is 13.7. The third kappa shape index (κ3) is 23.5. The lowest BCUT2D eigenvalue weighted by molar-refractivity contribution is -0.121. The second kappa shape index (κ2) is 22.7. The van der Waals surface area contributed by atoms with Gasteiger partial charge in [0.15, 0.2) is 0 Å². The van der Waals surface area contributed by atoms with Gasteiger partial charge in [-0.25, -0.2) is 0 Å². The molecule has 0 aliphatic carbocycles. The Bertz CT molecular complexity index is 318. The third-order valence-corrected chi connectivity index (χ3v) is 5.35. The molecule has 3 heteroatoms. The Kier molecular flexibility index (Phi) is 22.3. The summed E-state index contributed by atoms with van der Waals surface area (Å²) >= 11 is 0. The van der Waals surface area contributed by atoms with Gasteiger partial charge in [0.1, 0.15) is 0 Å². The number of carbonyl (C=O) groups is 1. The summed E-state index contributed by atoms with van der Waals surface area (Å²) in [5, 5.41) is 3.06. The Balaban J connectivity index is 3.15. The van der Waals surface area contributed by atoms with E-state index in [1.807, 2.05) is 0 Å². The van der Waals surface area contributed by atoms with Gasteiger partial charge in [-0.15, -0.1) is 0 Å². The van der Waals surface area contributed by atoms with E-state index < -0.39 is 0 Å². The van der Waals surface area contributed by atoms with E-state index in [1.165, 1.54) is 89.9 Å². The summed E-state index contributed by atoms with van der Waals surface area (Å²) in [6.45, 7) is 8.13. The van der Waals surface area contributed by atoms with Gasteiger partial charge in [0.2, 0.25) is 5.91 Å². The summed E-state index contributed by atoms with van der Waals surface area (Å²) in [6.07, 6.45) is 23.2. The first-order valence-electron chi connectivity index (χ1n) is 12.5. The average Bonchev–Trinajstić information content (AvgIpc) is 2.67. The highest BCUT2D eigenvalue weighted by Gasteiger charge is 2.01. The van der Waals surface area contributed by atoms with Crippen molar-refractivity contribution in [3.63, 3.8) is 0 Å². The molecule has 3 nitrogen and oxygen atoms in total. The van der Waals surface area contributed by atoms with Crippen molar-refractivity contribution >= 4 is 5.91 Å². The number of hydrogen-bond donors (Lipinski definition) is 1. The molecule has 0 aromatic heterocycles. The summed E-state index contributed by atoms with van der Waals surface area (Å²) < 4.78 is 5.53. The van der Waals surface area contributed by atoms with Crippen LogP contribution in [0.2, 0.25) is 0 Å². The van der Waals surface area contributed by atoms with Crippen LogP contribution >= 0.6 is 0 Å². The molecule has 168 valence electrons. The van der Waals surface area contributed by atoms with Gasteiger partial charge in [-0.05, 0) is 33.1 Å². The number of hydrogen-bond acceptors (Lipinski definition) is 2. The maximum Gasteiger partial charge on any atom is 0.219 e. The Morgan fingerprint density at radius 3 is 1.68 bits per heavy atom. The van der Waals surface area contributed by atoms with E-state index in [-0.39, 0.29) is 5.91 Å². The number of ether oxygens (including phenoxy) is 1. The highest BCUT2D eigenvalue weighted by Crippen LogP contribution is 2.13. The number of carbonyl (C=O) groups excluding carboxylic acids is 1. The van der Waals surface area contributed by atoms with E-state index >= 15 is 0 Å². The van der Waals surface area contributed by atoms with E-state index in [2.05, 4.69) is 26.1 Å². The largest absolute Gasteiger partial charge is 0.379 e. The Morgan fingerprint density at radius 2 is 1.14 bits per heavy atom. The third-order valence-electron chi connectivity index (χ3n) is 5.35. The van der Waals surface area contributed by atoms with Gasteiger partial charge in [0.25, 0.3) is 0 Å². The van der Waals surface area contributed by atoms with Crippen LogP contribution < -0.4 is 5.32 Å². The van der Waals surface area contributed by atoms with Crippen LogP contribution in [0.25, 0.3) is 0 Å². The van der Waals surface area contributed by atoms with Crippen molar-refractivity contribution in [1.29, 1.82) is 0 Å². The molecule has 0 saturated heterocycles. The summed E-state index contributed by atoms with van der Waals surface area (Å²) in [6, 6.07) is 0. The summed E-state index contributed by atoms with van der Waals surface area (Å²) in [7, 11) is 0. The van der Waals surface area contributed by atoms with Crippen LogP contribution in [0.4, 0.5) is 0 Å². The lowest BCUT2D eigenvalue weighted by atomic mass is 10.0. The summed E-state index contributed by atoms with van der Waals surface area (Å²) in [5.41, 5.74) is 0. The van der Waals surface area contributed by atoms with Crippen LogP contribution in [-0.4, -0.2) is 25.2 Å². The predicted octanol–water partition coefficient (Wildman–Crippen LogP) is 7.57. The topological polar surface area (TPSA) is 38.3 Å². The maximum absolute atomic E-state index is 11.8. The number of rotatable bonds is 22. The molecule has 28 heavy (non-hydrogen) atoms. The lowest BCUT2D eigenvalue weighted by Gasteiger charge is -2.07. The zero-order valence-corrected chi connectivity index (χ0v) is 19.5. The fourth-order valence-corrected chi connectivity index (χ4v) is 3.52. The van der Waals surface area contributed by atoms with E-state index in [9.17, 15) is 4.79 Å². The molecule has 0 fully saturated rings. The molecule has 0 spiro atoms. The van der Waals surface area contributed by atoms with Crippen molar-refractivity contribution in [2.24, 2.45) is 0 Å². The zero-order valence-electron chi connectivity index (χ0n) is 19.5. The Morgan fingerprint density at radius 1 is 0.679 bits per heavy atom. The molecule has 0 saturated carbocycles. The van der Waals surface area contributed by atoms with Gasteiger partial charge in [-0.2, -0.15) is 0 Å². The smallest absolute Gasteiger partial charge is 0.219 e. The Labute approximate surface area is 176 Å². The van der Waals surface area contributed by atoms with Crippen LogP contribution in [0.15, 0.2) is 0 Å². The average molecular weight is 398 g/mol. The molecular weight excluding hydrogens is 346 g/mol. The molecule has 0 aliphatic rings. The molecule has 0 bridgehead atoms. The molecule has 1 N–H and O–H groups in total. The summed E-state index contributed by atoms with van der Waals surface area (Å²) in [4.78, 5) is 11.8. The Hall–Kier alpha value is -0.570. The van der Waals surface area contributed by atoms with E-state index in [4.69, 9.17) is 4.74 Å². The molecule has 0 aromatic rings. The second-order valence-electron chi connectivity index (χ2n) is 8.68. The number of unbranched alkanes of at least 4 members (excludes halogenated alkanes) is 15. The fourth-order valence-electron chi connectivity index (χ4n) is 3.52. The van der Waals surface area contributed by atoms with Gasteiger partial charge in [0.05, 0.1) is 6.10 Å². The minimum atomic E-state index is 0.242. The summed E-state index contributed by atoms with van der Waals surface area (Å²) in [5.74, 6) is 0.242. The molecule has 0 radical (unpaired) electrons. The van der Waals surface area contributed by atoms with Crippen molar-refractivity contribution in [2.75, 3.05) is 13.2 Å². The molecule has 0 aromatic carbocycles. The first-order valence-corrected chi connectivity index (χ1v) is 12.5. The van der Waals surface area contributed by atoms with E-state index in [1.54, 1.807) is 0 Å². The first kappa shape index (κ1) is 27.4. The molecule has 0 rings (SSSR count). The quantitative estimate of drug-likeness (QED) is 0.191. The highest BCUT2D eigenvalue weighted by molar-refractivity contribution is 5.75. The van der Waals surface area contributed by atoms with Crippen molar-refractivity contribution in [1.82, 2.24) is 5.32 Å². The zero-order chi connectivity index (χ0) is 20.7.